The number of anilines is 1. The first-order valence-corrected chi connectivity index (χ1v) is 9.12. The van der Waals surface area contributed by atoms with Crippen molar-refractivity contribution >= 4 is 23.1 Å². The lowest BCUT2D eigenvalue weighted by Gasteiger charge is -2.07. The van der Waals surface area contributed by atoms with Gasteiger partial charge in [0.15, 0.2) is 0 Å². The van der Waals surface area contributed by atoms with Gasteiger partial charge in [-0.1, -0.05) is 49.5 Å². The van der Waals surface area contributed by atoms with Gasteiger partial charge in [-0.2, -0.15) is 5.10 Å². The maximum absolute atomic E-state index is 11.6. The highest BCUT2D eigenvalue weighted by atomic mass is 16.4. The molecule has 0 saturated heterocycles. The summed E-state index contributed by atoms with van der Waals surface area (Å²) in [6, 6.07) is 0. The molecule has 1 aliphatic rings. The zero-order chi connectivity index (χ0) is 19.8. The van der Waals surface area contributed by atoms with Crippen molar-refractivity contribution in [3.8, 4) is 0 Å². The molecule has 1 aliphatic carbocycles. The number of aliphatic carboxylic acids is 1. The Morgan fingerprint density at radius 1 is 1.41 bits per heavy atom. The second-order valence-corrected chi connectivity index (χ2v) is 6.11. The van der Waals surface area contributed by atoms with E-state index < -0.39 is 5.97 Å². The molecule has 2 rings (SSSR count). The van der Waals surface area contributed by atoms with Crippen LogP contribution in [0.15, 0.2) is 60.3 Å². The van der Waals surface area contributed by atoms with Gasteiger partial charge in [0.2, 0.25) is 0 Å². The number of carboxylic acid groups (broad SMARTS) is 1. The summed E-state index contributed by atoms with van der Waals surface area (Å²) in [6.45, 7) is 5.82. The van der Waals surface area contributed by atoms with E-state index in [1.807, 2.05) is 62.9 Å². The van der Waals surface area contributed by atoms with E-state index in [1.165, 1.54) is 0 Å². The van der Waals surface area contributed by atoms with Crippen molar-refractivity contribution in [1.29, 1.82) is 0 Å². The number of hydrogen-bond donors (Lipinski definition) is 2. The smallest absolute Gasteiger partial charge is 0.335 e. The summed E-state index contributed by atoms with van der Waals surface area (Å²) in [5.74, 6) is -0.0557. The van der Waals surface area contributed by atoms with Crippen molar-refractivity contribution in [2.45, 2.75) is 33.6 Å². The summed E-state index contributed by atoms with van der Waals surface area (Å²) >= 11 is 0. The summed E-state index contributed by atoms with van der Waals surface area (Å²) < 4.78 is 1.87. The van der Waals surface area contributed by atoms with Crippen LogP contribution in [0.5, 0.6) is 0 Å². The summed E-state index contributed by atoms with van der Waals surface area (Å²) in [4.78, 5) is 11.6. The molecule has 0 atom stereocenters. The van der Waals surface area contributed by atoms with Gasteiger partial charge in [-0.25, -0.2) is 9.48 Å². The Hall–Kier alpha value is -3.08. The molecule has 0 unspecified atom stereocenters. The lowest BCUT2D eigenvalue weighted by atomic mass is 10.0. The lowest BCUT2D eigenvalue weighted by Crippen LogP contribution is -2.03. The molecule has 1 aromatic heterocycles. The highest BCUT2D eigenvalue weighted by Gasteiger charge is 2.18. The van der Waals surface area contributed by atoms with Crippen LogP contribution in [-0.2, 0) is 4.79 Å². The zero-order valence-corrected chi connectivity index (χ0v) is 16.4. The van der Waals surface area contributed by atoms with E-state index in [0.29, 0.717) is 6.42 Å². The molecule has 27 heavy (non-hydrogen) atoms. The maximum Gasteiger partial charge on any atom is 0.335 e. The zero-order valence-electron chi connectivity index (χ0n) is 16.4. The first-order valence-electron chi connectivity index (χ1n) is 9.12. The van der Waals surface area contributed by atoms with Crippen LogP contribution in [0, 0.1) is 6.92 Å². The van der Waals surface area contributed by atoms with Gasteiger partial charge in [0.05, 0.1) is 17.0 Å². The Kier molecular flexibility index (Phi) is 7.17. The van der Waals surface area contributed by atoms with E-state index in [4.69, 9.17) is 5.10 Å². The highest BCUT2D eigenvalue weighted by Crippen LogP contribution is 2.29. The molecule has 0 spiro atoms. The standard InChI is InChI=1S/C22H27N3O2/c1-5-11-17(15-18(12-6-2)22(26)27)20-16(3)21(23-4)25(24-20)19-13-9-7-8-10-14-19/h5,7-9,11-15,23H,6,10H2,1-4H3,(H,26,27)/b11-5-,17-15+,18-12-. The van der Waals surface area contributed by atoms with Gasteiger partial charge < -0.3 is 10.4 Å². The molecule has 0 fully saturated rings. The Balaban J connectivity index is 2.63. The number of carboxylic acids is 1. The van der Waals surface area contributed by atoms with Crippen molar-refractivity contribution in [3.05, 3.63) is 71.5 Å². The van der Waals surface area contributed by atoms with E-state index in [0.717, 1.165) is 34.8 Å². The van der Waals surface area contributed by atoms with E-state index in [2.05, 4.69) is 17.5 Å². The molecule has 0 aromatic carbocycles. The monoisotopic (exact) mass is 365 g/mol. The van der Waals surface area contributed by atoms with Gasteiger partial charge in [-0.15, -0.1) is 0 Å². The normalized spacial score (nSPS) is 15.2. The van der Waals surface area contributed by atoms with Crippen LogP contribution < -0.4 is 5.32 Å². The minimum absolute atomic E-state index is 0.267. The molecule has 0 aliphatic heterocycles. The van der Waals surface area contributed by atoms with Gasteiger partial charge >= 0.3 is 5.97 Å². The number of rotatable bonds is 7. The van der Waals surface area contributed by atoms with Gasteiger partial charge in [0.1, 0.15) is 5.82 Å². The molecule has 0 saturated carbocycles. The molecule has 1 heterocycles. The molecule has 0 amide bonds. The predicted molar refractivity (Wildman–Crippen MR) is 112 cm³/mol. The van der Waals surface area contributed by atoms with E-state index in [1.54, 1.807) is 12.2 Å². The molecule has 0 bridgehead atoms. The number of aromatic nitrogens is 2. The number of carbonyl (C=O) groups is 1. The fraction of sp³-hybridized carbons (Fsp3) is 0.273. The Morgan fingerprint density at radius 2 is 2.19 bits per heavy atom. The number of nitrogens with zero attached hydrogens (tertiary/aromatic N) is 2. The van der Waals surface area contributed by atoms with Crippen LogP contribution in [0.25, 0.3) is 11.3 Å². The molecular formula is C22H27N3O2. The third kappa shape index (κ3) is 4.76. The SMILES string of the molecule is C\C=C/C(=C\C(=C\CC)C(=O)O)c1nn(C2=CCC=CC=C2)c(NC)c1C. The summed E-state index contributed by atoms with van der Waals surface area (Å²) in [5, 5.41) is 17.5. The number of hydrogen-bond acceptors (Lipinski definition) is 3. The van der Waals surface area contributed by atoms with Gasteiger partial charge in [-0.3, -0.25) is 0 Å². The molecular weight excluding hydrogens is 338 g/mol. The molecule has 5 heteroatoms. The van der Waals surface area contributed by atoms with E-state index in [-0.39, 0.29) is 5.57 Å². The van der Waals surface area contributed by atoms with Gasteiger partial charge in [-0.05, 0) is 38.8 Å². The molecule has 5 nitrogen and oxygen atoms in total. The second-order valence-electron chi connectivity index (χ2n) is 6.11. The van der Waals surface area contributed by atoms with Crippen LogP contribution in [0.2, 0.25) is 0 Å². The van der Waals surface area contributed by atoms with Crippen molar-refractivity contribution < 1.29 is 9.90 Å². The topological polar surface area (TPSA) is 67.1 Å². The summed E-state index contributed by atoms with van der Waals surface area (Å²) in [7, 11) is 1.86. The summed E-state index contributed by atoms with van der Waals surface area (Å²) in [6.07, 6.45) is 18.9. The maximum atomic E-state index is 11.6. The quantitative estimate of drug-likeness (QED) is 0.529. The van der Waals surface area contributed by atoms with E-state index >= 15 is 0 Å². The Morgan fingerprint density at radius 3 is 2.81 bits per heavy atom. The van der Waals surface area contributed by atoms with Crippen molar-refractivity contribution in [3.63, 3.8) is 0 Å². The number of nitrogens with one attached hydrogen (secondary N) is 1. The highest BCUT2D eigenvalue weighted by molar-refractivity contribution is 5.94. The largest absolute Gasteiger partial charge is 0.478 e. The lowest BCUT2D eigenvalue weighted by molar-refractivity contribution is -0.132. The first-order chi connectivity index (χ1) is 13.0. The fourth-order valence-electron chi connectivity index (χ4n) is 2.95. The Labute approximate surface area is 160 Å². The molecule has 1 aromatic rings. The van der Waals surface area contributed by atoms with Crippen LogP contribution in [-0.4, -0.2) is 27.9 Å². The molecule has 2 N–H and O–H groups in total. The third-order valence-electron chi connectivity index (χ3n) is 4.18. The van der Waals surface area contributed by atoms with Crippen molar-refractivity contribution in [2.24, 2.45) is 0 Å². The van der Waals surface area contributed by atoms with Gasteiger partial charge in [0, 0.05) is 18.2 Å². The Bertz CT molecular complexity index is 878. The van der Waals surface area contributed by atoms with Gasteiger partial charge in [0.25, 0.3) is 0 Å². The third-order valence-corrected chi connectivity index (χ3v) is 4.18. The van der Waals surface area contributed by atoms with Crippen LogP contribution in [0.3, 0.4) is 0 Å². The van der Waals surface area contributed by atoms with Crippen LogP contribution >= 0.6 is 0 Å². The van der Waals surface area contributed by atoms with Crippen molar-refractivity contribution in [2.75, 3.05) is 12.4 Å². The number of allylic oxidation sites excluding steroid dienone is 10. The van der Waals surface area contributed by atoms with Crippen LogP contribution in [0.4, 0.5) is 5.82 Å². The first kappa shape index (κ1) is 20.2. The van der Waals surface area contributed by atoms with Crippen LogP contribution in [0.1, 0.15) is 37.9 Å². The molecule has 0 radical (unpaired) electrons. The van der Waals surface area contributed by atoms with E-state index in [9.17, 15) is 9.90 Å². The minimum Gasteiger partial charge on any atom is -0.478 e. The predicted octanol–water partition coefficient (Wildman–Crippen LogP) is 4.97. The van der Waals surface area contributed by atoms with Crippen molar-refractivity contribution in [1.82, 2.24) is 9.78 Å². The summed E-state index contributed by atoms with van der Waals surface area (Å²) in [5.41, 5.74) is 3.73. The second kappa shape index (κ2) is 9.57. The minimum atomic E-state index is -0.940. The fourth-order valence-corrected chi connectivity index (χ4v) is 2.95. The average Bonchev–Trinajstić information content (AvgIpc) is 2.81. The average molecular weight is 365 g/mol. The molecule has 142 valence electrons.